The van der Waals surface area contributed by atoms with Gasteiger partial charge in [-0.1, -0.05) is 6.07 Å². The Kier molecular flexibility index (Phi) is 4.78. The summed E-state index contributed by atoms with van der Waals surface area (Å²) in [5, 5.41) is 8.99. The Morgan fingerprint density at radius 1 is 1.17 bits per heavy atom. The molecule has 0 spiro atoms. The molecule has 1 fully saturated rings. The normalized spacial score (nSPS) is 15.6. The highest BCUT2D eigenvalue weighted by molar-refractivity contribution is 7.14. The lowest BCUT2D eigenvalue weighted by molar-refractivity contribution is -0.120. The zero-order valence-electron chi connectivity index (χ0n) is 13.9. The van der Waals surface area contributed by atoms with Crippen molar-refractivity contribution in [2.75, 3.05) is 18.4 Å². The number of anilines is 1. The fourth-order valence-corrected chi connectivity index (χ4v) is 3.70. The van der Waals surface area contributed by atoms with Crippen molar-refractivity contribution in [3.05, 3.63) is 34.2 Å². The molecule has 1 saturated heterocycles. The molecule has 4 nitrogen and oxygen atoms in total. The molecular formula is C18H23N3OS. The van der Waals surface area contributed by atoms with Crippen molar-refractivity contribution in [3.8, 4) is 11.3 Å². The molecule has 0 bridgehead atoms. The number of thiazole rings is 1. The molecule has 0 unspecified atom stereocenters. The van der Waals surface area contributed by atoms with Crippen LogP contribution in [0, 0.1) is 26.7 Å². The van der Waals surface area contributed by atoms with Gasteiger partial charge < -0.3 is 10.6 Å². The predicted molar refractivity (Wildman–Crippen MR) is 96.0 cm³/mol. The number of benzene rings is 1. The number of carbonyl (C=O) groups is 1. The smallest absolute Gasteiger partial charge is 0.229 e. The van der Waals surface area contributed by atoms with Gasteiger partial charge in [0, 0.05) is 16.9 Å². The van der Waals surface area contributed by atoms with Gasteiger partial charge in [0.25, 0.3) is 0 Å². The first-order valence-corrected chi connectivity index (χ1v) is 8.98. The van der Waals surface area contributed by atoms with Crippen molar-refractivity contribution in [1.29, 1.82) is 0 Å². The minimum Gasteiger partial charge on any atom is -0.317 e. The van der Waals surface area contributed by atoms with Crippen molar-refractivity contribution in [2.45, 2.75) is 33.6 Å². The van der Waals surface area contributed by atoms with E-state index in [1.807, 2.05) is 5.38 Å². The van der Waals surface area contributed by atoms with E-state index < -0.39 is 0 Å². The van der Waals surface area contributed by atoms with Crippen LogP contribution in [0.2, 0.25) is 0 Å². The van der Waals surface area contributed by atoms with Crippen LogP contribution >= 0.6 is 11.3 Å². The minimum atomic E-state index is 0.101. The number of amides is 1. The molecule has 0 atom stereocenters. The van der Waals surface area contributed by atoms with E-state index in [-0.39, 0.29) is 11.8 Å². The van der Waals surface area contributed by atoms with E-state index in [9.17, 15) is 4.79 Å². The van der Waals surface area contributed by atoms with Gasteiger partial charge in [0.2, 0.25) is 5.91 Å². The van der Waals surface area contributed by atoms with Crippen LogP contribution in [0.15, 0.2) is 17.5 Å². The molecule has 2 N–H and O–H groups in total. The highest BCUT2D eigenvalue weighted by Gasteiger charge is 2.21. The van der Waals surface area contributed by atoms with Gasteiger partial charge in [-0.25, -0.2) is 4.98 Å². The fraction of sp³-hybridized carbons (Fsp3) is 0.444. The number of rotatable bonds is 3. The Morgan fingerprint density at radius 3 is 2.61 bits per heavy atom. The zero-order chi connectivity index (χ0) is 16.4. The predicted octanol–water partition coefficient (Wildman–Crippen LogP) is 3.67. The van der Waals surface area contributed by atoms with Crippen LogP contribution in [0.4, 0.5) is 5.13 Å². The summed E-state index contributed by atoms with van der Waals surface area (Å²) < 4.78 is 0. The van der Waals surface area contributed by atoms with Gasteiger partial charge in [0.15, 0.2) is 5.13 Å². The van der Waals surface area contributed by atoms with Gasteiger partial charge >= 0.3 is 0 Å². The third-order valence-corrected chi connectivity index (χ3v) is 5.32. The number of nitrogens with zero attached hydrogens (tertiary/aromatic N) is 1. The molecule has 23 heavy (non-hydrogen) atoms. The summed E-state index contributed by atoms with van der Waals surface area (Å²) in [4.78, 5) is 16.9. The first-order chi connectivity index (χ1) is 11.0. The SMILES string of the molecule is Cc1cc(C)c(-c2csc(NC(=O)C3CCNCC3)n2)cc1C. The van der Waals surface area contributed by atoms with E-state index in [4.69, 9.17) is 0 Å². The zero-order valence-corrected chi connectivity index (χ0v) is 14.7. The number of hydrogen-bond donors (Lipinski definition) is 2. The summed E-state index contributed by atoms with van der Waals surface area (Å²) in [5.41, 5.74) is 5.86. The Morgan fingerprint density at radius 2 is 1.87 bits per heavy atom. The van der Waals surface area contributed by atoms with Crippen LogP contribution in [-0.2, 0) is 4.79 Å². The lowest BCUT2D eigenvalue weighted by Gasteiger charge is -2.21. The fourth-order valence-electron chi connectivity index (χ4n) is 2.98. The summed E-state index contributed by atoms with van der Waals surface area (Å²) in [7, 11) is 0. The quantitative estimate of drug-likeness (QED) is 0.903. The largest absolute Gasteiger partial charge is 0.317 e. The summed E-state index contributed by atoms with van der Waals surface area (Å²) in [6.07, 6.45) is 1.81. The van der Waals surface area contributed by atoms with Crippen LogP contribution in [-0.4, -0.2) is 24.0 Å². The van der Waals surface area contributed by atoms with Crippen LogP contribution in [0.1, 0.15) is 29.5 Å². The second-order valence-corrected chi connectivity index (χ2v) is 7.16. The molecule has 0 radical (unpaired) electrons. The van der Waals surface area contributed by atoms with Gasteiger partial charge in [-0.15, -0.1) is 11.3 Å². The molecule has 0 saturated carbocycles. The maximum absolute atomic E-state index is 12.3. The third-order valence-electron chi connectivity index (χ3n) is 4.56. The Balaban J connectivity index is 1.75. The number of hydrogen-bond acceptors (Lipinski definition) is 4. The monoisotopic (exact) mass is 329 g/mol. The van der Waals surface area contributed by atoms with E-state index in [0.717, 1.165) is 37.2 Å². The molecule has 1 aromatic heterocycles. The molecule has 3 rings (SSSR count). The molecule has 2 heterocycles. The molecule has 2 aromatic rings. The van der Waals surface area contributed by atoms with E-state index in [0.29, 0.717) is 5.13 Å². The molecule has 0 aliphatic carbocycles. The van der Waals surface area contributed by atoms with Gasteiger partial charge in [0.1, 0.15) is 0 Å². The van der Waals surface area contributed by atoms with Crippen molar-refractivity contribution in [3.63, 3.8) is 0 Å². The molecule has 1 aliphatic rings. The van der Waals surface area contributed by atoms with Gasteiger partial charge in [-0.3, -0.25) is 4.79 Å². The maximum Gasteiger partial charge on any atom is 0.229 e. The van der Waals surface area contributed by atoms with Gasteiger partial charge in [-0.05, 0) is 69.5 Å². The van der Waals surface area contributed by atoms with Crippen molar-refractivity contribution in [2.24, 2.45) is 5.92 Å². The summed E-state index contributed by atoms with van der Waals surface area (Å²) in [6.45, 7) is 8.18. The van der Waals surface area contributed by atoms with Crippen LogP contribution in [0.3, 0.4) is 0 Å². The molecular weight excluding hydrogens is 306 g/mol. The lowest BCUT2D eigenvalue weighted by Crippen LogP contribution is -2.34. The standard InChI is InChI=1S/C18H23N3OS/c1-11-8-13(3)15(9-12(11)2)16-10-23-18(20-16)21-17(22)14-4-6-19-7-5-14/h8-10,14,19H,4-7H2,1-3H3,(H,20,21,22). The lowest BCUT2D eigenvalue weighted by atomic mass is 9.97. The van der Waals surface area contributed by atoms with Crippen molar-refractivity contribution >= 4 is 22.4 Å². The molecule has 1 aromatic carbocycles. The number of aromatic nitrogens is 1. The summed E-state index contributed by atoms with van der Waals surface area (Å²) >= 11 is 1.50. The molecule has 122 valence electrons. The number of piperidine rings is 1. The molecule has 5 heteroatoms. The van der Waals surface area contributed by atoms with E-state index in [1.165, 1.54) is 28.0 Å². The highest BCUT2D eigenvalue weighted by atomic mass is 32.1. The van der Waals surface area contributed by atoms with E-state index in [1.54, 1.807) is 0 Å². The Hall–Kier alpha value is -1.72. The minimum absolute atomic E-state index is 0.101. The van der Waals surface area contributed by atoms with Crippen LogP contribution < -0.4 is 10.6 Å². The first kappa shape index (κ1) is 16.1. The summed E-state index contributed by atoms with van der Waals surface area (Å²) in [6, 6.07) is 4.37. The topological polar surface area (TPSA) is 54.0 Å². The second kappa shape index (κ2) is 6.81. The van der Waals surface area contributed by atoms with Crippen molar-refractivity contribution < 1.29 is 4.79 Å². The summed E-state index contributed by atoms with van der Waals surface area (Å²) in [5.74, 6) is 0.205. The highest BCUT2D eigenvalue weighted by Crippen LogP contribution is 2.29. The molecule has 1 aliphatic heterocycles. The number of aryl methyl sites for hydroxylation is 3. The van der Waals surface area contributed by atoms with E-state index in [2.05, 4.69) is 48.5 Å². The first-order valence-electron chi connectivity index (χ1n) is 8.10. The Labute approximate surface area is 141 Å². The third kappa shape index (κ3) is 3.62. The average Bonchev–Trinajstić information content (AvgIpc) is 3.00. The maximum atomic E-state index is 12.3. The average molecular weight is 329 g/mol. The molecule has 1 amide bonds. The van der Waals surface area contributed by atoms with Crippen LogP contribution in [0.25, 0.3) is 11.3 Å². The van der Waals surface area contributed by atoms with Gasteiger partial charge in [0.05, 0.1) is 5.69 Å². The van der Waals surface area contributed by atoms with Gasteiger partial charge in [-0.2, -0.15) is 0 Å². The second-order valence-electron chi connectivity index (χ2n) is 6.30. The van der Waals surface area contributed by atoms with Crippen molar-refractivity contribution in [1.82, 2.24) is 10.3 Å². The van der Waals surface area contributed by atoms with Crippen LogP contribution in [0.5, 0.6) is 0 Å². The Bertz CT molecular complexity index is 717. The van der Waals surface area contributed by atoms with E-state index >= 15 is 0 Å². The number of nitrogens with one attached hydrogen (secondary N) is 2. The number of carbonyl (C=O) groups excluding carboxylic acids is 1.